The van der Waals surface area contributed by atoms with E-state index in [4.69, 9.17) is 5.11 Å². The second kappa shape index (κ2) is 6.91. The van der Waals surface area contributed by atoms with Crippen LogP contribution in [0, 0.1) is 19.3 Å². The SMILES string of the molecule is Cc1cc(C(=O)NCC(C)(C)C(=O)O)c(C)n1Cc1ccccc1. The number of hydrogen-bond acceptors (Lipinski definition) is 2. The minimum Gasteiger partial charge on any atom is -0.481 e. The van der Waals surface area contributed by atoms with E-state index in [1.165, 1.54) is 5.56 Å². The molecule has 0 aliphatic carbocycles. The summed E-state index contributed by atoms with van der Waals surface area (Å²) in [7, 11) is 0. The zero-order chi connectivity index (χ0) is 17.9. The number of carboxylic acids is 1. The van der Waals surface area contributed by atoms with E-state index in [9.17, 15) is 9.59 Å². The largest absolute Gasteiger partial charge is 0.481 e. The highest BCUT2D eigenvalue weighted by atomic mass is 16.4. The molecule has 2 aromatic rings. The number of hydrogen-bond donors (Lipinski definition) is 2. The Morgan fingerprint density at radius 1 is 1.17 bits per heavy atom. The highest BCUT2D eigenvalue weighted by molar-refractivity contribution is 5.96. The molecule has 1 aromatic heterocycles. The van der Waals surface area contributed by atoms with E-state index in [-0.39, 0.29) is 12.5 Å². The molecule has 0 aliphatic rings. The lowest BCUT2D eigenvalue weighted by atomic mass is 9.94. The fraction of sp³-hybridized carbons (Fsp3) is 0.368. The van der Waals surface area contributed by atoms with Crippen LogP contribution in [0.4, 0.5) is 0 Å². The number of aryl methyl sites for hydroxylation is 1. The van der Waals surface area contributed by atoms with Gasteiger partial charge in [0.1, 0.15) is 0 Å². The minimum atomic E-state index is -0.995. The van der Waals surface area contributed by atoms with Crippen LogP contribution < -0.4 is 5.32 Å². The summed E-state index contributed by atoms with van der Waals surface area (Å²) in [5.41, 5.74) is 2.63. The van der Waals surface area contributed by atoms with Crippen molar-refractivity contribution in [2.24, 2.45) is 5.41 Å². The first kappa shape index (κ1) is 17.8. The number of nitrogens with zero attached hydrogens (tertiary/aromatic N) is 1. The average Bonchev–Trinajstić information content (AvgIpc) is 2.82. The third-order valence-electron chi connectivity index (χ3n) is 4.27. The summed E-state index contributed by atoms with van der Waals surface area (Å²) in [6.45, 7) is 7.85. The van der Waals surface area contributed by atoms with Crippen LogP contribution in [0.25, 0.3) is 0 Å². The molecule has 0 saturated carbocycles. The van der Waals surface area contributed by atoms with E-state index in [0.717, 1.165) is 11.4 Å². The van der Waals surface area contributed by atoms with Crippen molar-refractivity contribution in [3.8, 4) is 0 Å². The van der Waals surface area contributed by atoms with Gasteiger partial charge in [-0.15, -0.1) is 0 Å². The Balaban J connectivity index is 2.16. The Labute approximate surface area is 142 Å². The van der Waals surface area contributed by atoms with Crippen molar-refractivity contribution in [3.63, 3.8) is 0 Å². The molecule has 2 N–H and O–H groups in total. The van der Waals surface area contributed by atoms with E-state index in [2.05, 4.69) is 9.88 Å². The second-order valence-electron chi connectivity index (χ2n) is 6.73. The van der Waals surface area contributed by atoms with Crippen molar-refractivity contribution >= 4 is 11.9 Å². The third-order valence-corrected chi connectivity index (χ3v) is 4.27. The van der Waals surface area contributed by atoms with Crippen LogP contribution in [0.3, 0.4) is 0 Å². The second-order valence-corrected chi connectivity index (χ2v) is 6.73. The molecular weight excluding hydrogens is 304 g/mol. The summed E-state index contributed by atoms with van der Waals surface area (Å²) in [6.07, 6.45) is 0. The summed E-state index contributed by atoms with van der Waals surface area (Å²) < 4.78 is 2.09. The zero-order valence-corrected chi connectivity index (χ0v) is 14.6. The van der Waals surface area contributed by atoms with Crippen LogP contribution in [-0.4, -0.2) is 28.1 Å². The fourth-order valence-electron chi connectivity index (χ4n) is 2.51. The maximum absolute atomic E-state index is 12.4. The highest BCUT2D eigenvalue weighted by Gasteiger charge is 2.28. The first-order valence-corrected chi connectivity index (χ1v) is 7.94. The van der Waals surface area contributed by atoms with Crippen molar-refractivity contribution in [1.82, 2.24) is 9.88 Å². The molecule has 0 bridgehead atoms. The first-order chi connectivity index (χ1) is 11.2. The van der Waals surface area contributed by atoms with Crippen LogP contribution in [-0.2, 0) is 11.3 Å². The van der Waals surface area contributed by atoms with Crippen molar-refractivity contribution in [2.75, 3.05) is 6.54 Å². The number of carbonyl (C=O) groups excluding carboxylic acids is 1. The van der Waals surface area contributed by atoms with Crippen molar-refractivity contribution in [1.29, 1.82) is 0 Å². The van der Waals surface area contributed by atoms with E-state index in [0.29, 0.717) is 12.1 Å². The fourth-order valence-corrected chi connectivity index (χ4v) is 2.51. The maximum Gasteiger partial charge on any atom is 0.310 e. The van der Waals surface area contributed by atoms with Gasteiger partial charge in [0.25, 0.3) is 5.91 Å². The summed E-state index contributed by atoms with van der Waals surface area (Å²) in [5.74, 6) is -1.17. The molecule has 0 atom stereocenters. The lowest BCUT2D eigenvalue weighted by molar-refractivity contribution is -0.146. The number of rotatable bonds is 6. The molecule has 5 nitrogen and oxygen atoms in total. The Hall–Kier alpha value is -2.56. The molecule has 0 radical (unpaired) electrons. The standard InChI is InChI=1S/C19H24N2O3/c1-13-10-16(17(22)20-12-19(3,4)18(23)24)14(2)21(13)11-15-8-6-5-7-9-15/h5-10H,11-12H2,1-4H3,(H,20,22)(H,23,24). The highest BCUT2D eigenvalue weighted by Crippen LogP contribution is 2.18. The van der Waals surface area contributed by atoms with Crippen LogP contribution >= 0.6 is 0 Å². The number of aliphatic carboxylic acids is 1. The zero-order valence-electron chi connectivity index (χ0n) is 14.6. The number of carbonyl (C=O) groups is 2. The van der Waals surface area contributed by atoms with Gasteiger partial charge in [0.05, 0.1) is 11.0 Å². The van der Waals surface area contributed by atoms with Crippen molar-refractivity contribution < 1.29 is 14.7 Å². The molecule has 0 fully saturated rings. The van der Waals surface area contributed by atoms with Crippen LogP contribution in [0.1, 0.15) is 41.2 Å². The van der Waals surface area contributed by atoms with Crippen LogP contribution in [0.2, 0.25) is 0 Å². The monoisotopic (exact) mass is 328 g/mol. The summed E-state index contributed by atoms with van der Waals surface area (Å²) in [4.78, 5) is 23.6. The molecular formula is C19H24N2O3. The van der Waals surface area contributed by atoms with Crippen molar-refractivity contribution in [2.45, 2.75) is 34.2 Å². The van der Waals surface area contributed by atoms with Gasteiger partial charge in [-0.2, -0.15) is 0 Å². The van der Waals surface area contributed by atoms with Gasteiger partial charge in [-0.1, -0.05) is 30.3 Å². The van der Waals surface area contributed by atoms with Gasteiger partial charge < -0.3 is 15.0 Å². The normalized spacial score (nSPS) is 11.3. The van der Waals surface area contributed by atoms with E-state index in [1.807, 2.05) is 50.2 Å². The topological polar surface area (TPSA) is 71.3 Å². The van der Waals surface area contributed by atoms with Crippen LogP contribution in [0.15, 0.2) is 36.4 Å². The van der Waals surface area contributed by atoms with Gasteiger partial charge in [0.2, 0.25) is 0 Å². The molecule has 0 spiro atoms. The lowest BCUT2D eigenvalue weighted by Gasteiger charge is -2.19. The molecule has 1 aromatic carbocycles. The molecule has 24 heavy (non-hydrogen) atoms. The van der Waals surface area contributed by atoms with E-state index >= 15 is 0 Å². The number of nitrogens with one attached hydrogen (secondary N) is 1. The molecule has 0 saturated heterocycles. The van der Waals surface area contributed by atoms with Gasteiger partial charge in [-0.05, 0) is 39.3 Å². The van der Waals surface area contributed by atoms with Gasteiger partial charge in [0, 0.05) is 24.5 Å². The third kappa shape index (κ3) is 3.85. The number of amides is 1. The number of aromatic nitrogens is 1. The van der Waals surface area contributed by atoms with Gasteiger partial charge in [-0.25, -0.2) is 0 Å². The summed E-state index contributed by atoms with van der Waals surface area (Å²) in [5, 5.41) is 11.9. The minimum absolute atomic E-state index is 0.0868. The van der Waals surface area contributed by atoms with Crippen molar-refractivity contribution in [3.05, 3.63) is 58.9 Å². The Bertz CT molecular complexity index is 745. The summed E-state index contributed by atoms with van der Waals surface area (Å²) in [6, 6.07) is 11.9. The predicted octanol–water partition coefficient (Wildman–Crippen LogP) is 2.99. The Morgan fingerprint density at radius 2 is 1.79 bits per heavy atom. The quantitative estimate of drug-likeness (QED) is 0.856. The molecule has 128 valence electrons. The molecule has 2 rings (SSSR count). The van der Waals surface area contributed by atoms with E-state index in [1.54, 1.807) is 13.8 Å². The van der Waals surface area contributed by atoms with Gasteiger partial charge >= 0.3 is 5.97 Å². The predicted molar refractivity (Wildman–Crippen MR) is 93.2 cm³/mol. The average molecular weight is 328 g/mol. The van der Waals surface area contributed by atoms with Gasteiger partial charge in [0.15, 0.2) is 0 Å². The molecule has 1 amide bonds. The maximum atomic E-state index is 12.4. The molecule has 0 aliphatic heterocycles. The Morgan fingerprint density at radius 3 is 2.38 bits per heavy atom. The van der Waals surface area contributed by atoms with Gasteiger partial charge in [-0.3, -0.25) is 9.59 Å². The summed E-state index contributed by atoms with van der Waals surface area (Å²) >= 11 is 0. The molecule has 1 heterocycles. The number of carboxylic acid groups (broad SMARTS) is 1. The first-order valence-electron chi connectivity index (χ1n) is 7.94. The smallest absolute Gasteiger partial charge is 0.310 e. The van der Waals surface area contributed by atoms with E-state index < -0.39 is 11.4 Å². The Kier molecular flexibility index (Phi) is 5.12. The lowest BCUT2D eigenvalue weighted by Crippen LogP contribution is -2.39. The number of benzene rings is 1. The van der Waals surface area contributed by atoms with Crippen LogP contribution in [0.5, 0.6) is 0 Å². The molecule has 5 heteroatoms. The molecule has 0 unspecified atom stereocenters.